The molecule has 14 heteroatoms. The van der Waals surface area contributed by atoms with Crippen molar-refractivity contribution in [1.82, 2.24) is 14.9 Å². The third-order valence-electron chi connectivity index (χ3n) is 9.86. The Labute approximate surface area is 271 Å². The van der Waals surface area contributed by atoms with Crippen LogP contribution in [0.5, 0.6) is 11.8 Å². The van der Waals surface area contributed by atoms with E-state index in [1.165, 1.54) is 12.1 Å². The molecule has 0 saturated carbocycles. The van der Waals surface area contributed by atoms with Gasteiger partial charge in [0.05, 0.1) is 44.9 Å². The topological polar surface area (TPSA) is 110 Å². The molecular formula is C32H30ClF3N6O3S. The Morgan fingerprint density at radius 1 is 1.26 bits per heavy atom. The van der Waals surface area contributed by atoms with Gasteiger partial charge in [0, 0.05) is 30.5 Å². The maximum absolute atomic E-state index is 17.1. The van der Waals surface area contributed by atoms with Gasteiger partial charge in [0.2, 0.25) is 0 Å². The highest BCUT2D eigenvalue weighted by Gasteiger charge is 2.49. The number of hydrogen-bond donors (Lipinski definition) is 1. The highest BCUT2D eigenvalue weighted by Crippen LogP contribution is 2.51. The van der Waals surface area contributed by atoms with Crippen molar-refractivity contribution in [2.24, 2.45) is 0 Å². The lowest BCUT2D eigenvalue weighted by Gasteiger charge is -2.34. The smallest absolute Gasteiger partial charge is 0.319 e. The first kappa shape index (κ1) is 29.8. The van der Waals surface area contributed by atoms with Gasteiger partial charge in [-0.05, 0) is 44.4 Å². The number of thiophene rings is 1. The van der Waals surface area contributed by atoms with Crippen molar-refractivity contribution in [2.45, 2.75) is 56.4 Å². The van der Waals surface area contributed by atoms with E-state index in [0.717, 1.165) is 37.1 Å². The van der Waals surface area contributed by atoms with E-state index < -0.39 is 23.3 Å². The second-order valence-corrected chi connectivity index (χ2v) is 14.0. The molecule has 9 nitrogen and oxygen atoms in total. The largest absolute Gasteiger partial charge is 0.489 e. The Balaban J connectivity index is 1.36. The molecule has 1 unspecified atom stereocenters. The van der Waals surface area contributed by atoms with Gasteiger partial charge in [0.15, 0.2) is 11.6 Å². The number of alkyl halides is 1. The summed E-state index contributed by atoms with van der Waals surface area (Å²) in [4.78, 5) is 13.6. The molecule has 0 radical (unpaired) electrons. The molecule has 0 spiro atoms. The first-order chi connectivity index (χ1) is 22.2. The SMILES string of the molecule is C[C@H]1COc2c(Cl)c(-c3ccc(F)c4sc(N)c(C#N)c34)c(F)c3nc(OC[C@@]45CCCN4C[C@H](F)C5)nc(c23)N1C1CCOC1. The molecule has 3 fully saturated rings. The molecule has 4 aliphatic heterocycles. The van der Waals surface area contributed by atoms with E-state index >= 15 is 4.39 Å². The number of ether oxygens (including phenoxy) is 3. The molecule has 4 aromatic rings. The van der Waals surface area contributed by atoms with Crippen LogP contribution in [0.25, 0.3) is 32.1 Å². The molecule has 0 bridgehead atoms. The summed E-state index contributed by atoms with van der Waals surface area (Å²) in [6, 6.07) is 4.29. The van der Waals surface area contributed by atoms with Crippen LogP contribution in [0.1, 0.15) is 38.2 Å². The van der Waals surface area contributed by atoms with Crippen molar-refractivity contribution in [3.8, 4) is 29.0 Å². The molecule has 2 N–H and O–H groups in total. The van der Waals surface area contributed by atoms with Crippen molar-refractivity contribution in [3.63, 3.8) is 0 Å². The third kappa shape index (κ3) is 4.41. The number of anilines is 2. The summed E-state index contributed by atoms with van der Waals surface area (Å²) < 4.78 is 65.0. The fraction of sp³-hybridized carbons (Fsp3) is 0.469. The number of fused-ring (bicyclic) bond motifs is 2. The third-order valence-corrected chi connectivity index (χ3v) is 11.2. The molecule has 4 aliphatic rings. The number of nitrogens with zero attached hydrogens (tertiary/aromatic N) is 5. The summed E-state index contributed by atoms with van der Waals surface area (Å²) in [5.74, 6) is -0.807. The molecule has 2 aromatic carbocycles. The first-order valence-corrected chi connectivity index (χ1v) is 16.5. The minimum atomic E-state index is -0.941. The number of benzene rings is 2. The van der Waals surface area contributed by atoms with E-state index in [9.17, 15) is 14.0 Å². The number of hydrogen-bond acceptors (Lipinski definition) is 10. The van der Waals surface area contributed by atoms with Crippen LogP contribution >= 0.6 is 22.9 Å². The molecule has 3 saturated heterocycles. The van der Waals surface area contributed by atoms with E-state index in [1.807, 2.05) is 13.0 Å². The van der Waals surface area contributed by atoms with Crippen LogP contribution in [-0.2, 0) is 4.74 Å². The van der Waals surface area contributed by atoms with Gasteiger partial charge < -0.3 is 24.8 Å². The minimum Gasteiger partial charge on any atom is -0.489 e. The van der Waals surface area contributed by atoms with Crippen LogP contribution in [0.2, 0.25) is 5.02 Å². The average molecular weight is 671 g/mol. The number of halogens is 4. The number of rotatable bonds is 5. The van der Waals surface area contributed by atoms with E-state index in [1.54, 1.807) is 0 Å². The van der Waals surface area contributed by atoms with Gasteiger partial charge in [-0.3, -0.25) is 4.90 Å². The standard InChI is InChI=1S/C32H30ClF3N6O3S/c1-15-12-44-27-23-26(25(36)22(24(27)33)18-3-4-20(35)28-21(18)19(10-37)29(38)46-28)39-31(40-30(23)42(15)17-5-8-43-13-17)45-14-32-6-2-7-41(32)11-16(34)9-32/h3-4,15-17H,2,5-9,11-14,38H2,1H3/t15-,16+,17?,32-/m0/s1. The lowest BCUT2D eigenvalue weighted by atomic mass is 9.95. The summed E-state index contributed by atoms with van der Waals surface area (Å²) in [6.07, 6.45) is 1.87. The van der Waals surface area contributed by atoms with Crippen LogP contribution < -0.4 is 20.1 Å². The van der Waals surface area contributed by atoms with E-state index in [-0.39, 0.29) is 84.8 Å². The molecule has 0 amide bonds. The predicted molar refractivity (Wildman–Crippen MR) is 170 cm³/mol. The zero-order valence-corrected chi connectivity index (χ0v) is 26.5. The Morgan fingerprint density at radius 2 is 2.11 bits per heavy atom. The van der Waals surface area contributed by atoms with Crippen LogP contribution in [0, 0.1) is 23.0 Å². The van der Waals surface area contributed by atoms with Crippen molar-refractivity contribution >= 4 is 54.7 Å². The van der Waals surface area contributed by atoms with E-state index in [4.69, 9.17) is 36.5 Å². The van der Waals surface area contributed by atoms with Crippen molar-refractivity contribution in [2.75, 3.05) is 50.2 Å². The average Bonchev–Trinajstić information content (AvgIpc) is 3.80. The van der Waals surface area contributed by atoms with Gasteiger partial charge in [-0.25, -0.2) is 13.2 Å². The number of nitriles is 1. The van der Waals surface area contributed by atoms with Gasteiger partial charge in [-0.15, -0.1) is 11.3 Å². The van der Waals surface area contributed by atoms with Gasteiger partial charge >= 0.3 is 6.01 Å². The molecule has 0 aliphatic carbocycles. The zero-order valence-electron chi connectivity index (χ0n) is 24.9. The van der Waals surface area contributed by atoms with Crippen molar-refractivity contribution in [3.05, 3.63) is 34.4 Å². The second-order valence-electron chi connectivity index (χ2n) is 12.6. The lowest BCUT2D eigenvalue weighted by Crippen LogP contribution is -2.45. The number of aromatic nitrogens is 2. The van der Waals surface area contributed by atoms with Crippen LogP contribution in [0.4, 0.5) is 24.0 Å². The summed E-state index contributed by atoms with van der Waals surface area (Å²) >= 11 is 7.94. The quantitative estimate of drug-likeness (QED) is 0.264. The maximum Gasteiger partial charge on any atom is 0.319 e. The van der Waals surface area contributed by atoms with E-state index in [0.29, 0.717) is 32.0 Å². The molecule has 8 rings (SSSR count). The van der Waals surface area contributed by atoms with Crippen LogP contribution in [0.15, 0.2) is 12.1 Å². The van der Waals surface area contributed by atoms with Gasteiger partial charge in [0.1, 0.15) is 47.6 Å². The molecule has 2 aromatic heterocycles. The molecule has 4 atom stereocenters. The maximum atomic E-state index is 17.1. The predicted octanol–water partition coefficient (Wildman–Crippen LogP) is 6.23. The highest BCUT2D eigenvalue weighted by molar-refractivity contribution is 7.23. The minimum absolute atomic E-state index is 0.0355. The number of nitrogen functional groups attached to an aromatic ring is 1. The van der Waals surface area contributed by atoms with Crippen molar-refractivity contribution in [1.29, 1.82) is 5.26 Å². The summed E-state index contributed by atoms with van der Waals surface area (Å²) in [6.45, 7) is 4.52. The van der Waals surface area contributed by atoms with E-state index in [2.05, 4.69) is 14.8 Å². The second kappa shape index (κ2) is 11.0. The van der Waals surface area contributed by atoms with Crippen LogP contribution in [-0.4, -0.2) is 78.2 Å². The molecule has 6 heterocycles. The van der Waals surface area contributed by atoms with Gasteiger partial charge in [0.25, 0.3) is 0 Å². The molecule has 240 valence electrons. The lowest BCUT2D eigenvalue weighted by molar-refractivity contribution is 0.107. The fourth-order valence-corrected chi connectivity index (χ4v) is 9.06. The molecule has 46 heavy (non-hydrogen) atoms. The summed E-state index contributed by atoms with van der Waals surface area (Å²) in [5.41, 5.74) is 5.65. The highest BCUT2D eigenvalue weighted by atomic mass is 35.5. The monoisotopic (exact) mass is 670 g/mol. The Kier molecular flexibility index (Phi) is 7.13. The van der Waals surface area contributed by atoms with Gasteiger partial charge in [-0.1, -0.05) is 17.7 Å². The van der Waals surface area contributed by atoms with Crippen molar-refractivity contribution < 1.29 is 27.4 Å². The molecular weight excluding hydrogens is 641 g/mol. The summed E-state index contributed by atoms with van der Waals surface area (Å²) in [7, 11) is 0. The Bertz CT molecular complexity index is 1950. The van der Waals surface area contributed by atoms with Crippen LogP contribution in [0.3, 0.4) is 0 Å². The fourth-order valence-electron chi connectivity index (χ4n) is 7.78. The zero-order chi connectivity index (χ0) is 31.9. The van der Waals surface area contributed by atoms with Gasteiger partial charge in [-0.2, -0.15) is 15.2 Å². The Hall–Kier alpha value is -3.57. The Morgan fingerprint density at radius 3 is 2.89 bits per heavy atom. The summed E-state index contributed by atoms with van der Waals surface area (Å²) in [5, 5.41) is 10.4. The number of nitrogens with two attached hydrogens (primary N) is 1. The first-order valence-electron chi connectivity index (χ1n) is 15.3. The normalized spacial score (nSPS) is 26.0.